The molecule has 0 saturated carbocycles. The van der Waals surface area contributed by atoms with E-state index in [0.29, 0.717) is 38.5 Å². The molecule has 2 saturated heterocycles. The van der Waals surface area contributed by atoms with Crippen molar-refractivity contribution in [2.24, 2.45) is 0 Å². The Morgan fingerprint density at radius 1 is 0.432 bits per heavy atom. The average Bonchev–Trinajstić information content (AvgIpc) is 2.55. The zero-order chi connectivity index (χ0) is 67.3. The van der Waals surface area contributed by atoms with E-state index < -0.39 is 88.6 Å². The molecule has 2 fully saturated rings. The first-order chi connectivity index (χ1) is 41.5. The second kappa shape index (κ2) is 61.3. The molecule has 24 nitrogen and oxygen atoms in total. The molecule has 0 aromatic rings. The van der Waals surface area contributed by atoms with Gasteiger partial charge in [-0.25, -0.2) is 0 Å². The molecule has 2 rings (SSSR count). The normalized spacial score (nSPS) is 15.1. The van der Waals surface area contributed by atoms with Gasteiger partial charge in [0.05, 0.1) is 12.2 Å². The first-order valence-corrected chi connectivity index (χ1v) is 36.9. The van der Waals surface area contributed by atoms with Gasteiger partial charge in [-0.05, 0) is 103 Å². The fraction of sp³-hybridized carbons (Fsp3) is 0.800. The summed E-state index contributed by atoms with van der Waals surface area (Å²) in [6, 6.07) is 0. The minimum atomic E-state index is -4.22. The van der Waals surface area contributed by atoms with Gasteiger partial charge in [0.25, 0.3) is 30.4 Å². The number of carbonyl (C=O) groups excluding carboxylic acids is 1. The van der Waals surface area contributed by atoms with E-state index in [9.17, 15) is 54.0 Å². The van der Waals surface area contributed by atoms with Crippen LogP contribution in [0.25, 0.3) is 0 Å². The minimum absolute atomic E-state index is 0.107. The van der Waals surface area contributed by atoms with E-state index in [-0.39, 0.29) is 49.4 Å². The number of allylic oxidation sites excluding steroid dienone is 3. The highest BCUT2D eigenvalue weighted by Crippen LogP contribution is 2.23. The Hall–Kier alpha value is -4.61. The van der Waals surface area contributed by atoms with Crippen LogP contribution in [0.4, 0.5) is 0 Å². The Morgan fingerprint density at radius 2 is 0.659 bits per heavy atom. The molecular formula is C60H108O24S4. The van der Waals surface area contributed by atoms with Crippen molar-refractivity contribution in [1.29, 1.82) is 0 Å². The van der Waals surface area contributed by atoms with Crippen molar-refractivity contribution in [2.75, 3.05) is 17.3 Å². The Labute approximate surface area is 527 Å². The van der Waals surface area contributed by atoms with Crippen LogP contribution in [0.5, 0.6) is 0 Å². The molecule has 6 N–H and O–H groups in total. The van der Waals surface area contributed by atoms with Crippen molar-refractivity contribution < 1.29 is 110 Å². The fourth-order valence-corrected chi connectivity index (χ4v) is 11.5. The van der Waals surface area contributed by atoms with Gasteiger partial charge in [0.1, 0.15) is 23.4 Å². The molecular weight excluding hydrogens is 1230 g/mol. The number of carbonyl (C=O) groups is 6. The largest absolute Gasteiger partial charge is 0.481 e. The van der Waals surface area contributed by atoms with Gasteiger partial charge in [-0.3, -0.25) is 41.7 Å². The van der Waals surface area contributed by atoms with Crippen LogP contribution >= 0.6 is 0 Å². The summed E-state index contributed by atoms with van der Waals surface area (Å²) in [4.78, 5) is 63.0. The molecule has 0 aromatic heterocycles. The molecule has 2 aliphatic rings. The number of esters is 1. The lowest BCUT2D eigenvalue weighted by molar-refractivity contribution is -0.148. The number of unbranched alkanes of at least 4 members (excludes halogenated alkanes) is 27. The number of carboxylic acid groups (broad SMARTS) is 5. The summed E-state index contributed by atoms with van der Waals surface area (Å²) in [5.74, 6) is -4.35. The first-order valence-electron chi connectivity index (χ1n) is 31.2. The molecule has 2 aliphatic heterocycles. The first kappa shape index (κ1) is 89.8. The topological polar surface area (TPSA) is 405 Å². The third-order valence-electron chi connectivity index (χ3n) is 13.2. The van der Waals surface area contributed by atoms with Crippen molar-refractivity contribution in [2.45, 2.75) is 288 Å². The highest BCUT2D eigenvalue weighted by atomic mass is 32.2. The van der Waals surface area contributed by atoms with Crippen molar-refractivity contribution in [3.63, 3.8) is 0 Å². The summed E-state index contributed by atoms with van der Waals surface area (Å²) in [6.45, 7) is 11.0. The number of ether oxygens (including phenoxy) is 1. The second-order valence-electron chi connectivity index (χ2n) is 21.6. The molecule has 3 unspecified atom stereocenters. The molecule has 28 heteroatoms. The summed E-state index contributed by atoms with van der Waals surface area (Å²) < 4.78 is 114. The Bertz CT molecular complexity index is 2200. The molecule has 0 radical (unpaired) electrons. The number of rotatable bonds is 51. The molecule has 0 aromatic carbocycles. The van der Waals surface area contributed by atoms with E-state index in [1.165, 1.54) is 25.7 Å². The molecule has 3 atom stereocenters. The van der Waals surface area contributed by atoms with Gasteiger partial charge in [0.15, 0.2) is 0 Å². The van der Waals surface area contributed by atoms with E-state index >= 15 is 0 Å². The maximum absolute atomic E-state index is 11.9. The van der Waals surface area contributed by atoms with Crippen molar-refractivity contribution in [1.82, 2.24) is 0 Å². The smallest absolute Gasteiger partial charge is 0.425 e. The monoisotopic (exact) mass is 1340 g/mol. The van der Waals surface area contributed by atoms with E-state index in [0.717, 1.165) is 180 Å². The van der Waals surface area contributed by atoms with Crippen molar-refractivity contribution in [3.05, 3.63) is 38.0 Å². The van der Waals surface area contributed by atoms with Crippen LogP contribution in [0.2, 0.25) is 0 Å². The zero-order valence-electron chi connectivity index (χ0n) is 52.1. The lowest BCUT2D eigenvalue weighted by Gasteiger charge is -2.25. The van der Waals surface area contributed by atoms with E-state index in [4.69, 9.17) is 47.4 Å². The molecule has 2 heterocycles. The number of hydrogen-bond acceptors (Lipinski definition) is 18. The Kier molecular flexibility index (Phi) is 62.5. The van der Waals surface area contributed by atoms with E-state index in [1.54, 1.807) is 0 Å². The van der Waals surface area contributed by atoms with E-state index in [1.807, 2.05) is 18.2 Å². The van der Waals surface area contributed by atoms with Gasteiger partial charge in [0.2, 0.25) is 0 Å². The zero-order valence-corrected chi connectivity index (χ0v) is 55.3. The summed E-state index contributed by atoms with van der Waals surface area (Å²) in [7, 11) is -13.6. The number of aliphatic carboxylic acids is 5. The van der Waals surface area contributed by atoms with Gasteiger partial charge in [0, 0.05) is 38.5 Å². The molecule has 516 valence electrons. The van der Waals surface area contributed by atoms with Gasteiger partial charge < -0.3 is 30.3 Å². The highest BCUT2D eigenvalue weighted by molar-refractivity contribution is 7.88. The molecule has 0 amide bonds. The maximum atomic E-state index is 11.9. The van der Waals surface area contributed by atoms with Gasteiger partial charge in [-0.1, -0.05) is 147 Å². The summed E-state index contributed by atoms with van der Waals surface area (Å²) in [5, 5.41) is 42.1. The second-order valence-corrected chi connectivity index (χ2v) is 26.8. The lowest BCUT2D eigenvalue weighted by Crippen LogP contribution is -2.38. The molecule has 88 heavy (non-hydrogen) atoms. The quantitative estimate of drug-likeness (QED) is 0.0108. The van der Waals surface area contributed by atoms with Crippen LogP contribution in [-0.2, 0) is 82.8 Å². The van der Waals surface area contributed by atoms with Crippen LogP contribution in [0.3, 0.4) is 0 Å². The standard InChI is InChI=1S/C20H36O7S.2C10H18O5S.2C10H18O2.O3S/c1-2-3-4-5-6-10-13-16-20(23)27-18(17-28(24,25)26)14-11-8-7-9-12-15-19(21)22;2*11-10(12)7-5-3-1-2-4-6-9-8-16(13,14)15-9;2*1-2-3-4-5-6-7-8-9-10(11)12;1-4(2)3/h2,18H,1,3-17H2,(H,21,22)(H,24,25,26);2*9H,1-8H2,(H,11,12);2*2H,1,3-9H2,(H,11,12);. The van der Waals surface area contributed by atoms with Crippen LogP contribution in [-0.4, -0.2) is 139 Å². The predicted octanol–water partition coefficient (Wildman–Crippen LogP) is 12.5. The Morgan fingerprint density at radius 3 is 0.898 bits per heavy atom. The maximum Gasteiger partial charge on any atom is 0.425 e. The van der Waals surface area contributed by atoms with E-state index in [2.05, 4.69) is 28.1 Å². The number of hydrogen-bond donors (Lipinski definition) is 6. The van der Waals surface area contributed by atoms with Crippen LogP contribution in [0.15, 0.2) is 38.0 Å². The van der Waals surface area contributed by atoms with Crippen LogP contribution in [0.1, 0.15) is 270 Å². The number of carboxylic acids is 5. The molecule has 0 spiro atoms. The van der Waals surface area contributed by atoms with Crippen molar-refractivity contribution in [3.8, 4) is 0 Å². The minimum Gasteiger partial charge on any atom is -0.481 e. The summed E-state index contributed by atoms with van der Waals surface area (Å²) in [5.41, 5.74) is 0. The van der Waals surface area contributed by atoms with Crippen molar-refractivity contribution >= 4 is 76.8 Å². The van der Waals surface area contributed by atoms with Gasteiger partial charge in [-0.15, -0.1) is 32.4 Å². The molecule has 0 aliphatic carbocycles. The average molecular weight is 1340 g/mol. The van der Waals surface area contributed by atoms with Gasteiger partial charge >= 0.3 is 46.4 Å². The third kappa shape index (κ3) is 79.4. The lowest BCUT2D eigenvalue weighted by atomic mass is 10.1. The summed E-state index contributed by atoms with van der Waals surface area (Å²) in [6.07, 6.45) is 40.0. The van der Waals surface area contributed by atoms with Gasteiger partial charge in [-0.2, -0.15) is 25.3 Å². The predicted molar refractivity (Wildman–Crippen MR) is 336 cm³/mol. The third-order valence-corrected chi connectivity index (χ3v) is 16.7. The SMILES string of the molecule is C=CCCCCCCCC(=O)O.C=CCCCCCCCC(=O)O.C=CCCCCCCCC(=O)OC(CCCCCCCC(=O)O)CS(=O)(=O)O.O=C(O)CCCCCCCC1CS(=O)(=O)O1.O=C(O)CCCCCCCC1CS(=O)(=O)O1.O=S(=O)=O. The van der Waals surface area contributed by atoms with Crippen LogP contribution < -0.4 is 0 Å². The Balaban J connectivity index is -0.000000512. The highest BCUT2D eigenvalue weighted by Gasteiger charge is 2.34. The summed E-state index contributed by atoms with van der Waals surface area (Å²) >= 11 is 0. The fourth-order valence-electron chi connectivity index (χ4n) is 8.59. The van der Waals surface area contributed by atoms with Crippen LogP contribution in [0, 0.1) is 0 Å². The molecule has 0 bridgehead atoms.